The minimum Gasteiger partial charge on any atom is -0.497 e. The summed E-state index contributed by atoms with van der Waals surface area (Å²) in [7, 11) is 1.70. The number of aliphatic carboxylic acids is 3. The highest BCUT2D eigenvalue weighted by Crippen LogP contribution is 2.49. The zero-order valence-corrected chi connectivity index (χ0v) is 27.2. The number of carbonyl (C=O) groups is 3. The fraction of sp³-hybridized carbons (Fsp3) is 0.378. The number of H-pyrrole nitrogens is 1. The van der Waals surface area contributed by atoms with Gasteiger partial charge in [0.25, 0.3) is 0 Å². The van der Waals surface area contributed by atoms with Crippen molar-refractivity contribution in [3.05, 3.63) is 101 Å². The Morgan fingerprint density at radius 1 is 0.918 bits per heavy atom. The van der Waals surface area contributed by atoms with Crippen LogP contribution < -0.4 is 10.1 Å². The van der Waals surface area contributed by atoms with Crippen molar-refractivity contribution in [2.45, 2.75) is 74.7 Å². The Morgan fingerprint density at radius 2 is 1.57 bits per heavy atom. The van der Waals surface area contributed by atoms with Gasteiger partial charge in [0.15, 0.2) is 5.60 Å². The van der Waals surface area contributed by atoms with Crippen LogP contribution >= 0.6 is 0 Å². The molecule has 12 heteroatoms. The van der Waals surface area contributed by atoms with E-state index in [9.17, 15) is 18.8 Å². The second-order valence-electron chi connectivity index (χ2n) is 12.9. The Bertz CT molecular complexity index is 1760. The zero-order valence-electron chi connectivity index (χ0n) is 27.2. The molecule has 4 aromatic rings. The summed E-state index contributed by atoms with van der Waals surface area (Å²) in [4.78, 5) is 34.1. The molecule has 1 saturated carbocycles. The predicted molar refractivity (Wildman–Crippen MR) is 178 cm³/mol. The maximum atomic E-state index is 14.0. The quantitative estimate of drug-likeness (QED) is 0.124. The fourth-order valence-electron chi connectivity index (χ4n) is 6.97. The van der Waals surface area contributed by atoms with Gasteiger partial charge in [-0.1, -0.05) is 42.5 Å². The number of fused-ring (bicyclic) bond motifs is 4. The van der Waals surface area contributed by atoms with E-state index in [-0.39, 0.29) is 17.0 Å². The molecular formula is C37H41FN2O9. The average Bonchev–Trinajstić information content (AvgIpc) is 3.45. The van der Waals surface area contributed by atoms with E-state index >= 15 is 0 Å². The number of methoxy groups -OCH3 is 1. The normalized spacial score (nSPS) is 20.2. The minimum absolute atomic E-state index is 0.0222. The summed E-state index contributed by atoms with van der Waals surface area (Å²) < 4.78 is 25.9. The number of carboxylic acids is 3. The van der Waals surface area contributed by atoms with E-state index in [0.29, 0.717) is 6.61 Å². The third kappa shape index (κ3) is 8.27. The first-order valence-electron chi connectivity index (χ1n) is 16.1. The molecule has 0 radical (unpaired) electrons. The Hall–Kier alpha value is -4.78. The van der Waals surface area contributed by atoms with Crippen LogP contribution in [0.4, 0.5) is 4.39 Å². The van der Waals surface area contributed by atoms with E-state index in [1.807, 2.05) is 18.2 Å². The van der Waals surface area contributed by atoms with E-state index in [2.05, 4.69) is 52.8 Å². The highest BCUT2D eigenvalue weighted by molar-refractivity contribution is 5.88. The second-order valence-corrected chi connectivity index (χ2v) is 12.9. The smallest absolute Gasteiger partial charge is 0.336 e. The number of aromatic amines is 1. The lowest BCUT2D eigenvalue weighted by molar-refractivity contribution is -0.170. The van der Waals surface area contributed by atoms with Crippen LogP contribution in [0.25, 0.3) is 10.9 Å². The molecule has 2 aliphatic rings. The zero-order chi connectivity index (χ0) is 35.2. The Labute approximate surface area is 282 Å². The van der Waals surface area contributed by atoms with Crippen LogP contribution in [0.2, 0.25) is 0 Å². The molecule has 2 heterocycles. The van der Waals surface area contributed by atoms with Crippen molar-refractivity contribution < 1.29 is 48.7 Å². The van der Waals surface area contributed by atoms with Crippen molar-refractivity contribution in [1.29, 1.82) is 0 Å². The molecule has 6 rings (SSSR count). The van der Waals surface area contributed by atoms with Gasteiger partial charge in [-0.2, -0.15) is 0 Å². The molecule has 1 aliphatic heterocycles. The molecule has 11 nitrogen and oxygen atoms in total. The molecule has 49 heavy (non-hydrogen) atoms. The van der Waals surface area contributed by atoms with E-state index in [0.717, 1.165) is 67.4 Å². The van der Waals surface area contributed by atoms with E-state index < -0.39 is 36.4 Å². The average molecular weight is 677 g/mol. The maximum Gasteiger partial charge on any atom is 0.336 e. The number of halogens is 1. The van der Waals surface area contributed by atoms with Crippen molar-refractivity contribution in [2.24, 2.45) is 0 Å². The van der Waals surface area contributed by atoms with Crippen LogP contribution in [0.15, 0.2) is 72.8 Å². The van der Waals surface area contributed by atoms with Crippen molar-refractivity contribution >= 4 is 28.8 Å². The SMILES string of the molecule is COc1ccc(CNC2(Cc3ccccc3)CCC3(CC2)OCCc2c3[nH]c3ccc(F)cc23)cc1.O=C(O)CC(O)(CC(=O)O)C(=O)O. The number of hydrogen-bond donors (Lipinski definition) is 6. The molecular weight excluding hydrogens is 635 g/mol. The topological polar surface area (TPSA) is 178 Å². The van der Waals surface area contributed by atoms with Gasteiger partial charge in [0.05, 0.1) is 32.3 Å². The first kappa shape index (κ1) is 35.5. The van der Waals surface area contributed by atoms with E-state index in [1.165, 1.54) is 22.8 Å². The summed E-state index contributed by atoms with van der Waals surface area (Å²) in [5.41, 5.74) is 2.91. The van der Waals surface area contributed by atoms with Gasteiger partial charge in [-0.3, -0.25) is 9.59 Å². The molecule has 1 aromatic heterocycles. The number of aliphatic hydroxyl groups is 1. The highest BCUT2D eigenvalue weighted by Gasteiger charge is 2.47. The van der Waals surface area contributed by atoms with E-state index in [4.69, 9.17) is 29.9 Å². The Morgan fingerprint density at radius 3 is 2.16 bits per heavy atom. The molecule has 1 fully saturated rings. The predicted octanol–water partition coefficient (Wildman–Crippen LogP) is 5.18. The lowest BCUT2D eigenvalue weighted by Crippen LogP contribution is -2.53. The van der Waals surface area contributed by atoms with Crippen LogP contribution in [0, 0.1) is 5.82 Å². The van der Waals surface area contributed by atoms with Crippen LogP contribution in [-0.4, -0.2) is 68.2 Å². The maximum absolute atomic E-state index is 14.0. The van der Waals surface area contributed by atoms with Gasteiger partial charge in [-0.05, 0) is 85.5 Å². The minimum atomic E-state index is -2.74. The molecule has 1 aliphatic carbocycles. The number of aromatic nitrogens is 1. The van der Waals surface area contributed by atoms with Gasteiger partial charge in [-0.15, -0.1) is 0 Å². The first-order chi connectivity index (χ1) is 23.4. The first-order valence-corrected chi connectivity index (χ1v) is 16.1. The van der Waals surface area contributed by atoms with Crippen LogP contribution in [0.5, 0.6) is 5.75 Å². The summed E-state index contributed by atoms with van der Waals surface area (Å²) in [6.07, 6.45) is 3.37. The number of ether oxygens (including phenoxy) is 2. The van der Waals surface area contributed by atoms with Gasteiger partial charge < -0.3 is 40.2 Å². The number of carboxylic acid groups (broad SMARTS) is 3. The van der Waals surface area contributed by atoms with Crippen LogP contribution in [0.3, 0.4) is 0 Å². The number of rotatable bonds is 11. The molecule has 0 amide bonds. The van der Waals surface area contributed by atoms with Crippen LogP contribution in [0.1, 0.15) is 60.9 Å². The standard InChI is InChI=1S/C31H33FN2O2.C6H8O7/c1-35-25-10-7-23(8-11-25)21-33-30(20-22-5-3-2-4-6-22)14-16-31(17-15-30)29-26(13-18-36-31)27-19-24(32)9-12-28(27)34-29;7-3(8)1-6(13,5(11)12)2-4(9)10/h2-12,19,33-34H,13-18,20-21H2,1H3;13H,1-2H2,(H,7,8)(H,9,10)(H,11,12). The van der Waals surface area contributed by atoms with Gasteiger partial charge in [0.1, 0.15) is 17.2 Å². The highest BCUT2D eigenvalue weighted by atomic mass is 19.1. The van der Waals surface area contributed by atoms with E-state index in [1.54, 1.807) is 13.2 Å². The van der Waals surface area contributed by atoms with Gasteiger partial charge in [0.2, 0.25) is 0 Å². The molecule has 1 spiro atoms. The summed E-state index contributed by atoms with van der Waals surface area (Å²) in [6, 6.07) is 24.1. The lowest BCUT2D eigenvalue weighted by Gasteiger charge is -2.48. The summed E-state index contributed by atoms with van der Waals surface area (Å²) >= 11 is 0. The third-order valence-corrected chi connectivity index (χ3v) is 9.57. The van der Waals surface area contributed by atoms with Crippen molar-refractivity contribution in [2.75, 3.05) is 13.7 Å². The molecule has 0 unspecified atom stereocenters. The largest absolute Gasteiger partial charge is 0.497 e. The monoisotopic (exact) mass is 676 g/mol. The van der Waals surface area contributed by atoms with Crippen molar-refractivity contribution in [3.63, 3.8) is 0 Å². The van der Waals surface area contributed by atoms with Gasteiger partial charge in [-0.25, -0.2) is 9.18 Å². The fourth-order valence-corrected chi connectivity index (χ4v) is 6.97. The summed E-state index contributed by atoms with van der Waals surface area (Å²) in [6.45, 7) is 1.49. The number of hydrogen-bond acceptors (Lipinski definition) is 7. The number of nitrogens with one attached hydrogen (secondary N) is 2. The Balaban J connectivity index is 0.000000308. The van der Waals surface area contributed by atoms with Crippen molar-refractivity contribution in [3.8, 4) is 5.75 Å². The molecule has 260 valence electrons. The summed E-state index contributed by atoms with van der Waals surface area (Å²) in [5, 5.41) is 38.8. The van der Waals surface area contributed by atoms with Crippen molar-refractivity contribution in [1.82, 2.24) is 10.3 Å². The second kappa shape index (κ2) is 14.8. The Kier molecular flexibility index (Phi) is 10.7. The van der Waals surface area contributed by atoms with Gasteiger partial charge >= 0.3 is 17.9 Å². The lowest BCUT2D eigenvalue weighted by atomic mass is 9.69. The van der Waals surface area contributed by atoms with Gasteiger partial charge in [0, 0.05) is 23.0 Å². The number of benzene rings is 3. The molecule has 3 aromatic carbocycles. The molecule has 0 bridgehead atoms. The molecule has 6 N–H and O–H groups in total. The third-order valence-electron chi connectivity index (χ3n) is 9.57. The molecule has 0 atom stereocenters. The summed E-state index contributed by atoms with van der Waals surface area (Å²) in [5.74, 6) is -4.33. The molecule has 0 saturated heterocycles. The van der Waals surface area contributed by atoms with Crippen LogP contribution in [-0.2, 0) is 44.1 Å².